The maximum absolute atomic E-state index is 14.3. The summed E-state index contributed by atoms with van der Waals surface area (Å²) in [6.07, 6.45) is -5.90. The summed E-state index contributed by atoms with van der Waals surface area (Å²) in [5, 5.41) is 15.1. The summed E-state index contributed by atoms with van der Waals surface area (Å²) in [4.78, 5) is 12.7. The van der Waals surface area contributed by atoms with Crippen LogP contribution in [0.2, 0.25) is 0 Å². The van der Waals surface area contributed by atoms with Crippen molar-refractivity contribution in [2.24, 2.45) is 0 Å². The van der Waals surface area contributed by atoms with Gasteiger partial charge in [-0.3, -0.25) is 0 Å². The molecular formula is C22H19F6N3O2. The molecule has 0 spiro atoms. The van der Waals surface area contributed by atoms with Crippen LogP contribution in [0.25, 0.3) is 0 Å². The summed E-state index contributed by atoms with van der Waals surface area (Å²) in [5.74, 6) is -2.84. The smallest absolute Gasteiger partial charge is 0.428 e. The second kappa shape index (κ2) is 9.60. The Balaban J connectivity index is 2.06. The lowest BCUT2D eigenvalue weighted by Crippen LogP contribution is -2.52. The average molecular weight is 471 g/mol. The fourth-order valence-electron chi connectivity index (χ4n) is 3.67. The Morgan fingerprint density at radius 1 is 1.03 bits per heavy atom. The van der Waals surface area contributed by atoms with Crippen LogP contribution in [0.5, 0.6) is 5.75 Å². The van der Waals surface area contributed by atoms with Gasteiger partial charge in [0.15, 0.2) is 5.54 Å². The van der Waals surface area contributed by atoms with Crippen molar-refractivity contribution >= 4 is 6.03 Å². The van der Waals surface area contributed by atoms with Crippen molar-refractivity contribution in [3.63, 3.8) is 0 Å². The molecule has 2 aromatic carbocycles. The van der Waals surface area contributed by atoms with E-state index in [1.807, 2.05) is 6.07 Å². The van der Waals surface area contributed by atoms with E-state index in [1.54, 1.807) is 0 Å². The minimum atomic E-state index is -4.93. The van der Waals surface area contributed by atoms with Gasteiger partial charge in [0.05, 0.1) is 0 Å². The first kappa shape index (κ1) is 24.2. The van der Waals surface area contributed by atoms with Crippen LogP contribution in [0, 0.1) is 23.0 Å². The summed E-state index contributed by atoms with van der Waals surface area (Å²) < 4.78 is 83.7. The van der Waals surface area contributed by atoms with Gasteiger partial charge in [-0.25, -0.2) is 13.6 Å². The van der Waals surface area contributed by atoms with Crippen molar-refractivity contribution in [2.45, 2.75) is 49.8 Å². The molecule has 1 aliphatic rings. The van der Waals surface area contributed by atoms with E-state index >= 15 is 0 Å². The molecule has 0 saturated heterocycles. The highest BCUT2D eigenvalue weighted by Gasteiger charge is 2.45. The lowest BCUT2D eigenvalue weighted by atomic mass is 9.83. The summed E-state index contributed by atoms with van der Waals surface area (Å²) in [6, 6.07) is 7.04. The molecule has 1 atom stereocenters. The summed E-state index contributed by atoms with van der Waals surface area (Å²) in [7, 11) is 0. The third-order valence-electron chi connectivity index (χ3n) is 5.25. The van der Waals surface area contributed by atoms with Gasteiger partial charge in [-0.15, -0.1) is 0 Å². The van der Waals surface area contributed by atoms with E-state index in [4.69, 9.17) is 0 Å². The number of ether oxygens (including phenoxy) is 1. The highest BCUT2D eigenvalue weighted by atomic mass is 19.3. The molecule has 2 N–H and O–H groups in total. The molecule has 0 bridgehead atoms. The van der Waals surface area contributed by atoms with Gasteiger partial charge in [0.25, 0.3) is 0 Å². The molecule has 1 aliphatic carbocycles. The van der Waals surface area contributed by atoms with Crippen LogP contribution in [-0.4, -0.2) is 24.6 Å². The monoisotopic (exact) mass is 471 g/mol. The van der Waals surface area contributed by atoms with Crippen molar-refractivity contribution in [2.75, 3.05) is 0 Å². The molecule has 33 heavy (non-hydrogen) atoms. The molecule has 1 saturated carbocycles. The first-order chi connectivity index (χ1) is 15.6. The van der Waals surface area contributed by atoms with Crippen LogP contribution < -0.4 is 15.4 Å². The topological polar surface area (TPSA) is 74.2 Å². The maximum Gasteiger partial charge on any atom is 0.461 e. The standard InChI is InChI=1S/C22H19F6N3O2/c23-15-7-5-13(6-8-15)21(12-29,31-20(32)30-17-3-1-2-4-17)14-9-16(24)11-18(10-14)33-22(27,28)19(25)26/h5-11,17,19H,1-4H2,(H2,30,31,32)/t21-/m0/s1. The van der Waals surface area contributed by atoms with Crippen molar-refractivity contribution < 1.29 is 35.9 Å². The SMILES string of the molecule is N#C[C@](NC(=O)NC1CCCC1)(c1ccc(F)cc1)c1cc(F)cc(OC(F)(F)C(F)F)c1. The quantitative estimate of drug-likeness (QED) is 0.545. The number of hydrogen-bond acceptors (Lipinski definition) is 3. The summed E-state index contributed by atoms with van der Waals surface area (Å²) in [5.41, 5.74) is -2.60. The molecule has 2 amide bonds. The first-order valence-electron chi connectivity index (χ1n) is 9.98. The Labute approximate surface area is 185 Å². The molecule has 5 nitrogen and oxygen atoms in total. The molecule has 0 unspecified atom stereocenters. The van der Waals surface area contributed by atoms with Crippen molar-refractivity contribution in [1.29, 1.82) is 5.26 Å². The predicted molar refractivity (Wildman–Crippen MR) is 105 cm³/mol. The number of halogens is 6. The van der Waals surface area contributed by atoms with Crippen molar-refractivity contribution in [3.05, 3.63) is 65.2 Å². The first-order valence-corrected chi connectivity index (χ1v) is 9.98. The third kappa shape index (κ3) is 5.50. The van der Waals surface area contributed by atoms with Gasteiger partial charge in [0.2, 0.25) is 0 Å². The molecule has 11 heteroatoms. The average Bonchev–Trinajstić information content (AvgIpc) is 3.24. The van der Waals surface area contributed by atoms with E-state index in [2.05, 4.69) is 15.4 Å². The highest BCUT2D eigenvalue weighted by molar-refractivity contribution is 5.77. The molecule has 1 fully saturated rings. The number of amides is 2. The minimum Gasteiger partial charge on any atom is -0.428 e. The molecule has 176 valence electrons. The Morgan fingerprint density at radius 2 is 1.67 bits per heavy atom. The number of carbonyl (C=O) groups is 1. The van der Waals surface area contributed by atoms with Gasteiger partial charge >= 0.3 is 18.6 Å². The number of hydrogen-bond donors (Lipinski definition) is 2. The second-order valence-electron chi connectivity index (χ2n) is 7.59. The molecule has 0 aromatic heterocycles. The molecule has 3 rings (SSSR count). The number of nitrogens with one attached hydrogen (secondary N) is 2. The lowest BCUT2D eigenvalue weighted by molar-refractivity contribution is -0.253. The maximum atomic E-state index is 14.3. The lowest BCUT2D eigenvalue weighted by Gasteiger charge is -2.30. The zero-order chi connectivity index (χ0) is 24.2. The Kier molecular flexibility index (Phi) is 7.05. The van der Waals surface area contributed by atoms with Crippen molar-refractivity contribution in [1.82, 2.24) is 10.6 Å². The highest BCUT2D eigenvalue weighted by Crippen LogP contribution is 2.35. The second-order valence-corrected chi connectivity index (χ2v) is 7.59. The van der Waals surface area contributed by atoms with Gasteiger partial charge in [-0.2, -0.15) is 22.8 Å². The van der Waals surface area contributed by atoms with Gasteiger partial charge in [0, 0.05) is 17.7 Å². The van der Waals surface area contributed by atoms with Crippen molar-refractivity contribution in [3.8, 4) is 11.8 Å². The molecular weight excluding hydrogens is 452 g/mol. The third-order valence-corrected chi connectivity index (χ3v) is 5.25. The number of rotatable bonds is 7. The fraction of sp³-hybridized carbons (Fsp3) is 0.364. The number of benzene rings is 2. The molecule has 0 aliphatic heterocycles. The largest absolute Gasteiger partial charge is 0.461 e. The molecule has 0 radical (unpaired) electrons. The van der Waals surface area contributed by atoms with Gasteiger partial charge in [-0.1, -0.05) is 25.0 Å². The van der Waals surface area contributed by atoms with E-state index in [0.717, 1.165) is 49.2 Å². The van der Waals surface area contributed by atoms with Crippen LogP contribution in [0.4, 0.5) is 31.1 Å². The number of nitrogens with zero attached hydrogens (tertiary/aromatic N) is 1. The van der Waals surface area contributed by atoms with Gasteiger partial charge < -0.3 is 15.4 Å². The Hall–Kier alpha value is -3.42. The number of alkyl halides is 4. The Bertz CT molecular complexity index is 1040. The van der Waals surface area contributed by atoms with E-state index in [0.29, 0.717) is 18.9 Å². The van der Waals surface area contributed by atoms with Gasteiger partial charge in [-0.05, 0) is 42.7 Å². The molecule has 2 aromatic rings. The Morgan fingerprint density at radius 3 is 2.24 bits per heavy atom. The minimum absolute atomic E-state index is 0.0230. The van der Waals surface area contributed by atoms with Gasteiger partial charge in [0.1, 0.15) is 23.5 Å². The number of urea groups is 1. The van der Waals surface area contributed by atoms with Crippen LogP contribution in [-0.2, 0) is 5.54 Å². The number of nitriles is 1. The van der Waals surface area contributed by atoms with Crippen LogP contribution in [0.1, 0.15) is 36.8 Å². The zero-order valence-electron chi connectivity index (χ0n) is 17.1. The van der Waals surface area contributed by atoms with E-state index in [9.17, 15) is 36.4 Å². The summed E-state index contributed by atoms with van der Waals surface area (Å²) in [6.45, 7) is 0. The van der Waals surface area contributed by atoms with Crippen LogP contribution >= 0.6 is 0 Å². The zero-order valence-corrected chi connectivity index (χ0v) is 17.1. The normalized spacial score (nSPS) is 16.2. The number of carbonyl (C=O) groups excluding carboxylic acids is 1. The predicted octanol–water partition coefficient (Wildman–Crippen LogP) is 5.21. The van der Waals surface area contributed by atoms with Crippen LogP contribution in [0.3, 0.4) is 0 Å². The fourth-order valence-corrected chi connectivity index (χ4v) is 3.67. The molecule has 0 heterocycles. The summed E-state index contributed by atoms with van der Waals surface area (Å²) >= 11 is 0. The van der Waals surface area contributed by atoms with Crippen LogP contribution in [0.15, 0.2) is 42.5 Å². The van der Waals surface area contributed by atoms with E-state index < -0.39 is 47.1 Å². The van der Waals surface area contributed by atoms with E-state index in [-0.39, 0.29) is 11.6 Å². The van der Waals surface area contributed by atoms with E-state index in [1.165, 1.54) is 0 Å².